The fourth-order valence-electron chi connectivity index (χ4n) is 2.05. The number of halogens is 1. The summed E-state index contributed by atoms with van der Waals surface area (Å²) >= 11 is 4.58. The molecule has 3 rings (SSSR count). The van der Waals surface area contributed by atoms with E-state index in [2.05, 4.69) is 31.2 Å². The molecular formula is C15H11BrN4O3S. The Morgan fingerprint density at radius 1 is 1.33 bits per heavy atom. The number of anilines is 1. The fourth-order valence-corrected chi connectivity index (χ4v) is 3.14. The van der Waals surface area contributed by atoms with Gasteiger partial charge < -0.3 is 10.3 Å². The van der Waals surface area contributed by atoms with Crippen LogP contribution in [-0.4, -0.2) is 26.6 Å². The van der Waals surface area contributed by atoms with Gasteiger partial charge in [0.1, 0.15) is 0 Å². The van der Waals surface area contributed by atoms with Crippen LogP contribution in [0.5, 0.6) is 0 Å². The average Bonchev–Trinajstić information content (AvgIpc) is 2.95. The highest BCUT2D eigenvalue weighted by Gasteiger charge is 2.11. The quantitative estimate of drug-likeness (QED) is 0.379. The lowest BCUT2D eigenvalue weighted by Gasteiger charge is -2.04. The molecule has 3 aromatic rings. The van der Waals surface area contributed by atoms with Gasteiger partial charge in [-0.05, 0) is 24.3 Å². The summed E-state index contributed by atoms with van der Waals surface area (Å²) in [4.78, 5) is 29.6. The van der Waals surface area contributed by atoms with Crippen LogP contribution < -0.4 is 5.32 Å². The Hall–Kier alpha value is -2.39. The van der Waals surface area contributed by atoms with Gasteiger partial charge in [-0.25, -0.2) is 4.98 Å². The second-order valence-electron chi connectivity index (χ2n) is 4.85. The summed E-state index contributed by atoms with van der Waals surface area (Å²) in [5, 5.41) is 14.1. The largest absolute Gasteiger partial charge is 0.333 e. The molecule has 0 saturated heterocycles. The Kier molecular flexibility index (Phi) is 4.81. The van der Waals surface area contributed by atoms with E-state index in [0.717, 1.165) is 4.47 Å². The third kappa shape index (κ3) is 3.92. The Morgan fingerprint density at radius 3 is 2.92 bits per heavy atom. The summed E-state index contributed by atoms with van der Waals surface area (Å²) in [6.07, 6.45) is 0. The Balaban J connectivity index is 1.64. The van der Waals surface area contributed by atoms with Gasteiger partial charge in [-0.2, -0.15) is 0 Å². The minimum absolute atomic E-state index is 0.00454. The summed E-state index contributed by atoms with van der Waals surface area (Å²) < 4.78 is 0.881. The first-order valence-electron chi connectivity index (χ1n) is 6.83. The number of thioether (sulfide) groups is 1. The molecule has 1 amide bonds. The normalized spacial score (nSPS) is 10.7. The zero-order chi connectivity index (χ0) is 17.1. The number of H-pyrrole nitrogens is 1. The molecule has 0 saturated carbocycles. The van der Waals surface area contributed by atoms with Gasteiger partial charge in [0.15, 0.2) is 5.16 Å². The SMILES string of the molecule is O=C(CSc1nc2ccc([N+](=O)[O-])cc2[nH]1)Nc1cccc(Br)c1. The van der Waals surface area contributed by atoms with Crippen molar-refractivity contribution in [2.75, 3.05) is 11.1 Å². The highest BCUT2D eigenvalue weighted by atomic mass is 79.9. The fraction of sp³-hybridized carbons (Fsp3) is 0.0667. The van der Waals surface area contributed by atoms with Gasteiger partial charge >= 0.3 is 0 Å². The summed E-state index contributed by atoms with van der Waals surface area (Å²) in [6, 6.07) is 11.7. The lowest BCUT2D eigenvalue weighted by molar-refractivity contribution is -0.384. The number of nitrogens with one attached hydrogen (secondary N) is 2. The highest BCUT2D eigenvalue weighted by molar-refractivity contribution is 9.10. The maximum Gasteiger partial charge on any atom is 0.271 e. The van der Waals surface area contributed by atoms with E-state index in [4.69, 9.17) is 0 Å². The van der Waals surface area contributed by atoms with Crippen molar-refractivity contribution in [2.24, 2.45) is 0 Å². The number of hydrogen-bond acceptors (Lipinski definition) is 5. The molecule has 0 radical (unpaired) electrons. The van der Waals surface area contributed by atoms with E-state index in [1.165, 1.54) is 23.9 Å². The van der Waals surface area contributed by atoms with E-state index in [9.17, 15) is 14.9 Å². The molecule has 0 aliphatic rings. The van der Waals surface area contributed by atoms with Crippen molar-refractivity contribution in [2.45, 2.75) is 5.16 Å². The molecule has 0 unspecified atom stereocenters. The molecule has 7 nitrogen and oxygen atoms in total. The van der Waals surface area contributed by atoms with Crippen LogP contribution >= 0.6 is 27.7 Å². The van der Waals surface area contributed by atoms with E-state index in [1.54, 1.807) is 12.1 Å². The van der Waals surface area contributed by atoms with Gasteiger partial charge in [0.2, 0.25) is 5.91 Å². The summed E-state index contributed by atoms with van der Waals surface area (Å²) in [6.45, 7) is 0. The van der Waals surface area contributed by atoms with Crippen molar-refractivity contribution in [3.05, 3.63) is 57.1 Å². The number of carbonyl (C=O) groups excluding carboxylic acids is 1. The van der Waals surface area contributed by atoms with Crippen molar-refractivity contribution in [3.8, 4) is 0 Å². The number of aromatic nitrogens is 2. The number of nitro benzene ring substituents is 1. The zero-order valence-corrected chi connectivity index (χ0v) is 14.6. The zero-order valence-electron chi connectivity index (χ0n) is 12.2. The number of amides is 1. The number of nitrogens with zero attached hydrogens (tertiary/aromatic N) is 2. The van der Waals surface area contributed by atoms with Crippen LogP contribution in [0.2, 0.25) is 0 Å². The van der Waals surface area contributed by atoms with E-state index in [0.29, 0.717) is 21.9 Å². The minimum atomic E-state index is -0.460. The summed E-state index contributed by atoms with van der Waals surface area (Å²) in [5.74, 6) is 0.0126. The van der Waals surface area contributed by atoms with Gasteiger partial charge in [-0.1, -0.05) is 33.8 Å². The number of non-ortho nitro benzene ring substituents is 1. The number of nitro groups is 1. The molecule has 0 atom stereocenters. The smallest absolute Gasteiger partial charge is 0.271 e. The molecule has 0 aliphatic carbocycles. The number of hydrogen-bond donors (Lipinski definition) is 2. The van der Waals surface area contributed by atoms with Crippen molar-refractivity contribution in [1.29, 1.82) is 0 Å². The molecule has 0 bridgehead atoms. The van der Waals surface area contributed by atoms with E-state index >= 15 is 0 Å². The van der Waals surface area contributed by atoms with Crippen LogP contribution in [0.4, 0.5) is 11.4 Å². The van der Waals surface area contributed by atoms with Crippen molar-refractivity contribution in [3.63, 3.8) is 0 Å². The Bertz CT molecular complexity index is 928. The van der Waals surface area contributed by atoms with Gasteiger partial charge in [0.05, 0.1) is 21.7 Å². The summed E-state index contributed by atoms with van der Waals surface area (Å²) in [7, 11) is 0. The lowest BCUT2D eigenvalue weighted by Crippen LogP contribution is -2.14. The number of imidazole rings is 1. The van der Waals surface area contributed by atoms with Crippen LogP contribution in [0.3, 0.4) is 0 Å². The van der Waals surface area contributed by atoms with Crippen LogP contribution in [0.1, 0.15) is 0 Å². The van der Waals surface area contributed by atoms with Crippen LogP contribution in [0, 0.1) is 10.1 Å². The summed E-state index contributed by atoms with van der Waals surface area (Å²) in [5.41, 5.74) is 1.89. The first kappa shape index (κ1) is 16.5. The first-order valence-corrected chi connectivity index (χ1v) is 8.61. The molecule has 1 aromatic heterocycles. The average molecular weight is 407 g/mol. The van der Waals surface area contributed by atoms with Gasteiger partial charge in [0.25, 0.3) is 5.69 Å². The van der Waals surface area contributed by atoms with E-state index < -0.39 is 4.92 Å². The maximum absolute atomic E-state index is 12.0. The number of fused-ring (bicyclic) bond motifs is 1. The van der Waals surface area contributed by atoms with Crippen molar-refractivity contribution >= 4 is 56.0 Å². The number of benzene rings is 2. The standard InChI is InChI=1S/C15H11BrN4O3S/c16-9-2-1-3-10(6-9)17-14(21)8-24-15-18-12-5-4-11(20(22)23)7-13(12)19-15/h1-7H,8H2,(H,17,21)(H,18,19). The molecular weight excluding hydrogens is 396 g/mol. The minimum Gasteiger partial charge on any atom is -0.333 e. The third-order valence-corrected chi connectivity index (χ3v) is 4.47. The molecule has 0 fully saturated rings. The van der Waals surface area contributed by atoms with Crippen LogP contribution in [-0.2, 0) is 4.79 Å². The molecule has 122 valence electrons. The van der Waals surface area contributed by atoms with Crippen molar-refractivity contribution < 1.29 is 9.72 Å². The maximum atomic E-state index is 12.0. The number of aromatic amines is 1. The molecule has 2 N–H and O–H groups in total. The predicted molar refractivity (Wildman–Crippen MR) is 96.2 cm³/mol. The monoisotopic (exact) mass is 406 g/mol. The highest BCUT2D eigenvalue weighted by Crippen LogP contribution is 2.23. The molecule has 0 spiro atoms. The van der Waals surface area contributed by atoms with E-state index in [-0.39, 0.29) is 17.3 Å². The van der Waals surface area contributed by atoms with Crippen LogP contribution in [0.15, 0.2) is 52.1 Å². The second kappa shape index (κ2) is 7.02. The molecule has 2 aromatic carbocycles. The predicted octanol–water partition coefficient (Wildman–Crippen LogP) is 3.96. The second-order valence-corrected chi connectivity index (χ2v) is 6.73. The Labute approximate surface area is 149 Å². The topological polar surface area (TPSA) is 101 Å². The third-order valence-electron chi connectivity index (χ3n) is 3.10. The Morgan fingerprint density at radius 2 is 2.17 bits per heavy atom. The molecule has 24 heavy (non-hydrogen) atoms. The molecule has 9 heteroatoms. The van der Waals surface area contributed by atoms with Crippen molar-refractivity contribution in [1.82, 2.24) is 9.97 Å². The van der Waals surface area contributed by atoms with Gasteiger partial charge in [-0.3, -0.25) is 14.9 Å². The lowest BCUT2D eigenvalue weighted by atomic mass is 10.3. The number of rotatable bonds is 5. The van der Waals surface area contributed by atoms with E-state index in [1.807, 2.05) is 18.2 Å². The van der Waals surface area contributed by atoms with Crippen LogP contribution in [0.25, 0.3) is 11.0 Å². The molecule has 0 aliphatic heterocycles. The van der Waals surface area contributed by atoms with Gasteiger partial charge in [-0.15, -0.1) is 0 Å². The molecule has 1 heterocycles. The first-order chi connectivity index (χ1) is 11.5. The number of carbonyl (C=O) groups is 1. The van der Waals surface area contributed by atoms with Gasteiger partial charge in [0, 0.05) is 22.3 Å².